The van der Waals surface area contributed by atoms with Crippen LogP contribution in [0.15, 0.2) is 17.0 Å². The van der Waals surface area contributed by atoms with Gasteiger partial charge in [-0.3, -0.25) is 0 Å². The molecule has 1 heterocycles. The fourth-order valence-electron chi connectivity index (χ4n) is 2.43. The van der Waals surface area contributed by atoms with E-state index in [2.05, 4.69) is 9.73 Å². The van der Waals surface area contributed by atoms with Gasteiger partial charge in [-0.1, -0.05) is 0 Å². The zero-order valence-corrected chi connectivity index (χ0v) is 12.8. The minimum Gasteiger partial charge on any atom is -0.304 e. The molecule has 5 nitrogen and oxygen atoms in total. The second-order valence-corrected chi connectivity index (χ2v) is 6.85. The van der Waals surface area contributed by atoms with Crippen molar-refractivity contribution in [2.24, 2.45) is 0 Å². The largest absolute Gasteiger partial charge is 0.304 e. The normalized spacial score (nSPS) is 18.4. The Hall–Kier alpha value is -1.02. The number of piperazine rings is 1. The van der Waals surface area contributed by atoms with Crippen LogP contribution in [0.5, 0.6) is 0 Å². The summed E-state index contributed by atoms with van der Waals surface area (Å²) in [5.41, 5.74) is 0.841. The highest BCUT2D eigenvalue weighted by atomic mass is 32.2. The summed E-state index contributed by atoms with van der Waals surface area (Å²) in [5, 5.41) is 1.69. The van der Waals surface area contributed by atoms with Gasteiger partial charge in [-0.05, 0) is 44.2 Å². The average Bonchev–Trinajstić information content (AvgIpc) is 2.30. The van der Waals surface area contributed by atoms with E-state index in [0.717, 1.165) is 13.1 Å². The van der Waals surface area contributed by atoms with Gasteiger partial charge in [0, 0.05) is 26.2 Å². The summed E-state index contributed by atoms with van der Waals surface area (Å²) in [6, 6.07) is 2.48. The maximum absolute atomic E-state index is 13.3. The predicted octanol–water partition coefficient (Wildman–Crippen LogP) is 0.883. The standard InChI is InChI=1S/C13H20FN3O2S/c1-10-8-12(14)9-11(2)13(10)20(18,19)15-17-6-4-16(3)5-7-17/h8-9,15H,4-7H2,1-3H3. The van der Waals surface area contributed by atoms with E-state index in [1.54, 1.807) is 18.9 Å². The minimum absolute atomic E-state index is 0.165. The van der Waals surface area contributed by atoms with E-state index >= 15 is 0 Å². The molecule has 0 atom stereocenters. The predicted molar refractivity (Wildman–Crippen MR) is 75.3 cm³/mol. The van der Waals surface area contributed by atoms with Crippen molar-refractivity contribution in [1.29, 1.82) is 0 Å². The van der Waals surface area contributed by atoms with Gasteiger partial charge in [0.25, 0.3) is 10.0 Å². The molecule has 0 aliphatic carbocycles. The van der Waals surface area contributed by atoms with E-state index in [9.17, 15) is 12.8 Å². The van der Waals surface area contributed by atoms with Gasteiger partial charge in [0.05, 0.1) is 4.90 Å². The molecule has 0 bridgehead atoms. The highest BCUT2D eigenvalue weighted by Gasteiger charge is 2.24. The van der Waals surface area contributed by atoms with Crippen molar-refractivity contribution in [3.8, 4) is 0 Å². The topological polar surface area (TPSA) is 52.7 Å². The zero-order chi connectivity index (χ0) is 14.9. The van der Waals surface area contributed by atoms with Gasteiger partial charge in [-0.15, -0.1) is 4.83 Å². The Morgan fingerprint density at radius 2 is 1.60 bits per heavy atom. The fraction of sp³-hybridized carbons (Fsp3) is 0.538. The van der Waals surface area contributed by atoms with Crippen LogP contribution >= 0.6 is 0 Å². The van der Waals surface area contributed by atoms with Crippen molar-refractivity contribution in [1.82, 2.24) is 14.7 Å². The first kappa shape index (κ1) is 15.4. The molecule has 0 saturated carbocycles. The highest BCUT2D eigenvalue weighted by Crippen LogP contribution is 2.21. The summed E-state index contributed by atoms with van der Waals surface area (Å²) in [6.45, 7) is 6.10. The molecule has 1 aliphatic heterocycles. The molecule has 0 aromatic heterocycles. The van der Waals surface area contributed by atoms with Crippen molar-refractivity contribution in [3.05, 3.63) is 29.1 Å². The third kappa shape index (κ3) is 3.35. The summed E-state index contributed by atoms with van der Waals surface area (Å²) in [4.78, 5) is 4.89. The smallest absolute Gasteiger partial charge is 0.253 e. The third-order valence-corrected chi connectivity index (χ3v) is 5.13. The number of likely N-dealkylation sites (N-methyl/N-ethyl adjacent to an activating group) is 1. The van der Waals surface area contributed by atoms with Gasteiger partial charge in [-0.25, -0.2) is 17.8 Å². The Morgan fingerprint density at radius 1 is 1.10 bits per heavy atom. The fourth-order valence-corrected chi connectivity index (χ4v) is 4.01. The first-order valence-corrected chi connectivity index (χ1v) is 8.00. The number of aryl methyl sites for hydroxylation is 2. The van der Waals surface area contributed by atoms with E-state index in [0.29, 0.717) is 24.2 Å². The van der Waals surface area contributed by atoms with Gasteiger partial charge in [0.1, 0.15) is 5.82 Å². The first-order chi connectivity index (χ1) is 9.29. The molecule has 0 spiro atoms. The van der Waals surface area contributed by atoms with Crippen LogP contribution < -0.4 is 4.83 Å². The minimum atomic E-state index is -3.66. The summed E-state index contributed by atoms with van der Waals surface area (Å²) in [5.74, 6) is -0.418. The molecule has 1 aromatic rings. The molecule has 2 rings (SSSR count). The maximum Gasteiger partial charge on any atom is 0.253 e. The van der Waals surface area contributed by atoms with Crippen LogP contribution in [0, 0.1) is 19.7 Å². The van der Waals surface area contributed by atoms with Crippen molar-refractivity contribution in [2.75, 3.05) is 33.2 Å². The first-order valence-electron chi connectivity index (χ1n) is 6.52. The van der Waals surface area contributed by atoms with Crippen LogP contribution in [0.3, 0.4) is 0 Å². The number of hydrazine groups is 1. The lowest BCUT2D eigenvalue weighted by Crippen LogP contribution is -2.52. The Kier molecular flexibility index (Phi) is 4.43. The van der Waals surface area contributed by atoms with Gasteiger partial charge in [0.2, 0.25) is 0 Å². The highest BCUT2D eigenvalue weighted by molar-refractivity contribution is 7.89. The Morgan fingerprint density at radius 3 is 2.10 bits per heavy atom. The number of sulfonamides is 1. The number of hydrogen-bond acceptors (Lipinski definition) is 4. The number of hydrogen-bond donors (Lipinski definition) is 1. The number of benzene rings is 1. The second kappa shape index (κ2) is 5.77. The molecule has 112 valence electrons. The maximum atomic E-state index is 13.3. The SMILES string of the molecule is Cc1cc(F)cc(C)c1S(=O)(=O)NN1CCN(C)CC1. The third-order valence-electron chi connectivity index (χ3n) is 3.45. The van der Waals surface area contributed by atoms with E-state index in [1.807, 2.05) is 7.05 Å². The molecule has 0 amide bonds. The van der Waals surface area contributed by atoms with Crippen molar-refractivity contribution >= 4 is 10.0 Å². The molecular formula is C13H20FN3O2S. The van der Waals surface area contributed by atoms with Crippen LogP contribution in [0.25, 0.3) is 0 Å². The molecule has 1 saturated heterocycles. The van der Waals surface area contributed by atoms with Gasteiger partial charge < -0.3 is 4.90 Å². The van der Waals surface area contributed by atoms with Crippen molar-refractivity contribution < 1.29 is 12.8 Å². The summed E-state index contributed by atoms with van der Waals surface area (Å²) in [6.07, 6.45) is 0. The quantitative estimate of drug-likeness (QED) is 0.900. The molecular weight excluding hydrogens is 281 g/mol. The van der Waals surface area contributed by atoms with E-state index in [1.165, 1.54) is 12.1 Å². The van der Waals surface area contributed by atoms with Gasteiger partial charge in [0.15, 0.2) is 0 Å². The van der Waals surface area contributed by atoms with Gasteiger partial charge >= 0.3 is 0 Å². The molecule has 1 aromatic carbocycles. The number of nitrogens with one attached hydrogen (secondary N) is 1. The number of nitrogens with zero attached hydrogens (tertiary/aromatic N) is 2. The van der Waals surface area contributed by atoms with E-state index in [4.69, 9.17) is 0 Å². The van der Waals surface area contributed by atoms with E-state index < -0.39 is 15.8 Å². The molecule has 0 radical (unpaired) electrons. The number of halogens is 1. The second-order valence-electron chi connectivity index (χ2n) is 5.25. The molecule has 1 aliphatic rings. The van der Waals surface area contributed by atoms with Crippen LogP contribution in [0.2, 0.25) is 0 Å². The van der Waals surface area contributed by atoms with Crippen LogP contribution in [-0.4, -0.2) is 51.6 Å². The van der Waals surface area contributed by atoms with Crippen molar-refractivity contribution in [2.45, 2.75) is 18.7 Å². The van der Waals surface area contributed by atoms with Crippen LogP contribution in [0.1, 0.15) is 11.1 Å². The molecule has 1 N–H and O–H groups in total. The lowest BCUT2D eigenvalue weighted by molar-refractivity contribution is 0.135. The Bertz CT molecular complexity index is 573. The monoisotopic (exact) mass is 301 g/mol. The lowest BCUT2D eigenvalue weighted by atomic mass is 10.1. The zero-order valence-electron chi connectivity index (χ0n) is 12.0. The molecule has 0 unspecified atom stereocenters. The summed E-state index contributed by atoms with van der Waals surface area (Å²) < 4.78 is 38.2. The molecule has 20 heavy (non-hydrogen) atoms. The molecule has 7 heteroatoms. The summed E-state index contributed by atoms with van der Waals surface area (Å²) in [7, 11) is -1.66. The average molecular weight is 301 g/mol. The lowest BCUT2D eigenvalue weighted by Gasteiger charge is -2.32. The number of rotatable bonds is 3. The van der Waals surface area contributed by atoms with E-state index in [-0.39, 0.29) is 4.90 Å². The summed E-state index contributed by atoms with van der Waals surface area (Å²) >= 11 is 0. The van der Waals surface area contributed by atoms with Crippen LogP contribution in [-0.2, 0) is 10.0 Å². The van der Waals surface area contributed by atoms with Crippen LogP contribution in [0.4, 0.5) is 4.39 Å². The Balaban J connectivity index is 2.23. The van der Waals surface area contributed by atoms with Crippen molar-refractivity contribution in [3.63, 3.8) is 0 Å². The Labute approximate surface area is 119 Å². The molecule has 1 fully saturated rings. The van der Waals surface area contributed by atoms with Gasteiger partial charge in [-0.2, -0.15) is 0 Å².